The van der Waals surface area contributed by atoms with Crippen molar-refractivity contribution in [1.82, 2.24) is 25.2 Å². The molecule has 8 nitrogen and oxygen atoms in total. The summed E-state index contributed by atoms with van der Waals surface area (Å²) >= 11 is 0. The molecule has 32 heavy (non-hydrogen) atoms. The van der Waals surface area contributed by atoms with Crippen LogP contribution >= 0.6 is 24.0 Å². The minimum Gasteiger partial charge on any atom is -0.493 e. The number of nitrogens with zero attached hydrogens (tertiary/aromatic N) is 4. The van der Waals surface area contributed by atoms with Gasteiger partial charge in [0, 0.05) is 51.4 Å². The maximum Gasteiger partial charge on any atom is 0.191 e. The number of aromatic nitrogens is 3. The Balaban J connectivity index is 0.00000363. The lowest BCUT2D eigenvalue weighted by molar-refractivity contribution is 0.172. The number of aliphatic imine (C=N–C) groups is 1. The van der Waals surface area contributed by atoms with Gasteiger partial charge in [0.15, 0.2) is 11.6 Å². The highest BCUT2D eigenvalue weighted by Crippen LogP contribution is 2.21. The SMILES string of the molecule is CCNC(=NCc1ccc(C)cc1OCCCOC)NCCc1nnc2ccccn12.I. The number of benzene rings is 1. The molecule has 0 aliphatic carbocycles. The number of methoxy groups -OCH3 is 1. The molecule has 2 N–H and O–H groups in total. The van der Waals surface area contributed by atoms with Crippen LogP contribution in [0.25, 0.3) is 5.65 Å². The number of ether oxygens (including phenoxy) is 2. The molecule has 0 fully saturated rings. The zero-order valence-electron chi connectivity index (χ0n) is 19.0. The smallest absolute Gasteiger partial charge is 0.191 e. The van der Waals surface area contributed by atoms with E-state index in [1.54, 1.807) is 7.11 Å². The fourth-order valence-corrected chi connectivity index (χ4v) is 3.17. The summed E-state index contributed by atoms with van der Waals surface area (Å²) < 4.78 is 13.1. The van der Waals surface area contributed by atoms with E-state index in [0.29, 0.717) is 26.3 Å². The Labute approximate surface area is 206 Å². The van der Waals surface area contributed by atoms with E-state index in [4.69, 9.17) is 14.5 Å². The quantitative estimate of drug-likeness (QED) is 0.164. The predicted octanol–water partition coefficient (Wildman–Crippen LogP) is 3.37. The maximum atomic E-state index is 5.98. The zero-order valence-corrected chi connectivity index (χ0v) is 21.3. The van der Waals surface area contributed by atoms with E-state index in [0.717, 1.165) is 48.1 Å². The molecule has 2 aromatic heterocycles. The van der Waals surface area contributed by atoms with Crippen molar-refractivity contribution in [3.8, 4) is 5.75 Å². The lowest BCUT2D eigenvalue weighted by Gasteiger charge is -2.13. The second-order valence-corrected chi connectivity index (χ2v) is 7.22. The monoisotopic (exact) mass is 552 g/mol. The molecule has 0 spiro atoms. The molecule has 9 heteroatoms. The number of hydrogen-bond acceptors (Lipinski definition) is 5. The fraction of sp³-hybridized carbons (Fsp3) is 0.435. The van der Waals surface area contributed by atoms with Crippen molar-refractivity contribution in [1.29, 1.82) is 0 Å². The Morgan fingerprint density at radius 3 is 2.81 bits per heavy atom. The second kappa shape index (κ2) is 13.9. The van der Waals surface area contributed by atoms with Gasteiger partial charge in [-0.05, 0) is 37.6 Å². The van der Waals surface area contributed by atoms with Crippen molar-refractivity contribution in [2.75, 3.05) is 33.4 Å². The molecule has 0 amide bonds. The summed E-state index contributed by atoms with van der Waals surface area (Å²) in [5, 5.41) is 15.2. The van der Waals surface area contributed by atoms with Crippen LogP contribution in [0.15, 0.2) is 47.6 Å². The van der Waals surface area contributed by atoms with Gasteiger partial charge in [0.1, 0.15) is 11.6 Å². The van der Waals surface area contributed by atoms with Crippen LogP contribution < -0.4 is 15.4 Å². The number of guanidine groups is 1. The van der Waals surface area contributed by atoms with Gasteiger partial charge in [0.05, 0.1) is 13.2 Å². The Morgan fingerprint density at radius 1 is 1.12 bits per heavy atom. The number of hydrogen-bond donors (Lipinski definition) is 2. The normalized spacial score (nSPS) is 11.3. The van der Waals surface area contributed by atoms with Gasteiger partial charge in [-0.2, -0.15) is 0 Å². The average molecular weight is 552 g/mol. The van der Waals surface area contributed by atoms with E-state index in [-0.39, 0.29) is 24.0 Å². The van der Waals surface area contributed by atoms with Crippen LogP contribution in [0.4, 0.5) is 0 Å². The summed E-state index contributed by atoms with van der Waals surface area (Å²) in [6, 6.07) is 12.1. The number of rotatable bonds is 11. The van der Waals surface area contributed by atoms with Crippen LogP contribution in [0.2, 0.25) is 0 Å². The molecule has 174 valence electrons. The molecular formula is C23H33IN6O2. The van der Waals surface area contributed by atoms with E-state index in [9.17, 15) is 0 Å². The molecule has 0 saturated carbocycles. The zero-order chi connectivity index (χ0) is 21.9. The minimum absolute atomic E-state index is 0. The number of halogens is 1. The van der Waals surface area contributed by atoms with Gasteiger partial charge < -0.3 is 20.1 Å². The van der Waals surface area contributed by atoms with Crippen LogP contribution in [0, 0.1) is 6.92 Å². The first-order valence-corrected chi connectivity index (χ1v) is 10.7. The van der Waals surface area contributed by atoms with Gasteiger partial charge >= 0.3 is 0 Å². The van der Waals surface area contributed by atoms with Crippen molar-refractivity contribution >= 4 is 35.6 Å². The molecule has 0 radical (unpaired) electrons. The fourth-order valence-electron chi connectivity index (χ4n) is 3.17. The molecule has 0 aliphatic rings. The lowest BCUT2D eigenvalue weighted by Crippen LogP contribution is -2.38. The Kier molecular flexibility index (Phi) is 11.2. The molecule has 3 rings (SSSR count). The van der Waals surface area contributed by atoms with Gasteiger partial charge in [-0.15, -0.1) is 34.2 Å². The third-order valence-corrected chi connectivity index (χ3v) is 4.75. The van der Waals surface area contributed by atoms with Gasteiger partial charge in [-0.1, -0.05) is 18.2 Å². The van der Waals surface area contributed by atoms with E-state index in [1.165, 1.54) is 5.56 Å². The summed E-state index contributed by atoms with van der Waals surface area (Å²) in [5.41, 5.74) is 3.08. The van der Waals surface area contributed by atoms with E-state index in [2.05, 4.69) is 52.9 Å². The summed E-state index contributed by atoms with van der Waals surface area (Å²) in [7, 11) is 1.70. The second-order valence-electron chi connectivity index (χ2n) is 7.22. The first kappa shape index (κ1) is 25.9. The third kappa shape index (κ3) is 7.63. The number of fused-ring (bicyclic) bond motifs is 1. The van der Waals surface area contributed by atoms with Gasteiger partial charge in [-0.25, -0.2) is 4.99 Å². The summed E-state index contributed by atoms with van der Waals surface area (Å²) in [5.74, 6) is 2.57. The molecular weight excluding hydrogens is 519 g/mol. The van der Waals surface area contributed by atoms with E-state index < -0.39 is 0 Å². The van der Waals surface area contributed by atoms with Gasteiger partial charge in [0.2, 0.25) is 0 Å². The Hall–Kier alpha value is -2.40. The molecule has 3 aromatic rings. The number of pyridine rings is 1. The highest BCUT2D eigenvalue weighted by Gasteiger charge is 2.07. The summed E-state index contributed by atoms with van der Waals surface area (Å²) in [6.45, 7) is 7.45. The molecule has 1 aromatic carbocycles. The molecule has 0 aliphatic heterocycles. The number of aryl methyl sites for hydroxylation is 1. The summed E-state index contributed by atoms with van der Waals surface area (Å²) in [4.78, 5) is 4.75. The molecule has 2 heterocycles. The first-order valence-electron chi connectivity index (χ1n) is 10.7. The first-order chi connectivity index (χ1) is 15.2. The molecule has 0 bridgehead atoms. The van der Waals surface area contributed by atoms with Crippen LogP contribution in [-0.4, -0.2) is 54.0 Å². The van der Waals surface area contributed by atoms with E-state index in [1.807, 2.05) is 28.8 Å². The van der Waals surface area contributed by atoms with Crippen LogP contribution in [0.5, 0.6) is 5.75 Å². The largest absolute Gasteiger partial charge is 0.493 e. The van der Waals surface area contributed by atoms with Gasteiger partial charge in [-0.3, -0.25) is 4.40 Å². The van der Waals surface area contributed by atoms with Crippen molar-refractivity contribution in [3.63, 3.8) is 0 Å². The third-order valence-electron chi connectivity index (χ3n) is 4.75. The lowest BCUT2D eigenvalue weighted by atomic mass is 10.1. The molecule has 0 unspecified atom stereocenters. The highest BCUT2D eigenvalue weighted by molar-refractivity contribution is 14.0. The average Bonchev–Trinajstić information content (AvgIpc) is 3.19. The topological polar surface area (TPSA) is 85.1 Å². The van der Waals surface area contributed by atoms with E-state index >= 15 is 0 Å². The molecule has 0 atom stereocenters. The van der Waals surface area contributed by atoms with Crippen LogP contribution in [0.3, 0.4) is 0 Å². The van der Waals surface area contributed by atoms with Crippen LogP contribution in [0.1, 0.15) is 30.3 Å². The van der Waals surface area contributed by atoms with Gasteiger partial charge in [0.25, 0.3) is 0 Å². The van der Waals surface area contributed by atoms with Crippen molar-refractivity contribution in [2.45, 2.75) is 33.2 Å². The molecule has 0 saturated heterocycles. The highest BCUT2D eigenvalue weighted by atomic mass is 127. The standard InChI is InChI=1S/C23H32N6O2.HI/c1-4-24-23(25-12-11-22-28-27-21-8-5-6-13-29(21)22)26-17-19-10-9-18(2)16-20(19)31-15-7-14-30-3;/h5-6,8-10,13,16H,4,7,11-12,14-15,17H2,1-3H3,(H2,24,25,26);1H. The predicted molar refractivity (Wildman–Crippen MR) is 138 cm³/mol. The minimum atomic E-state index is 0. The summed E-state index contributed by atoms with van der Waals surface area (Å²) in [6.07, 6.45) is 3.58. The Bertz CT molecular complexity index is 992. The van der Waals surface area contributed by atoms with Crippen LogP contribution in [-0.2, 0) is 17.7 Å². The van der Waals surface area contributed by atoms with Crippen molar-refractivity contribution in [3.05, 3.63) is 59.5 Å². The maximum absolute atomic E-state index is 5.98. The Morgan fingerprint density at radius 2 is 2.00 bits per heavy atom. The van der Waals surface area contributed by atoms with Crippen molar-refractivity contribution < 1.29 is 9.47 Å². The number of nitrogens with one attached hydrogen (secondary N) is 2. The van der Waals surface area contributed by atoms with Crippen molar-refractivity contribution in [2.24, 2.45) is 4.99 Å².